The lowest BCUT2D eigenvalue weighted by Crippen LogP contribution is -2.21. The van der Waals surface area contributed by atoms with E-state index in [2.05, 4.69) is 36.5 Å². The maximum Gasteiger partial charge on any atom is 0.0991 e. The van der Waals surface area contributed by atoms with Gasteiger partial charge >= 0.3 is 0 Å². The van der Waals surface area contributed by atoms with E-state index in [1.54, 1.807) is 0 Å². The zero-order chi connectivity index (χ0) is 13.7. The van der Waals surface area contributed by atoms with Crippen LogP contribution in [-0.4, -0.2) is 12.3 Å². The van der Waals surface area contributed by atoms with Gasteiger partial charge in [-0.25, -0.2) is 0 Å². The largest absolute Gasteiger partial charge is 0.309 e. The van der Waals surface area contributed by atoms with E-state index in [0.717, 1.165) is 26.5 Å². The van der Waals surface area contributed by atoms with Crippen LogP contribution in [0.25, 0.3) is 0 Å². The quantitative estimate of drug-likeness (QED) is 0.554. The van der Waals surface area contributed by atoms with Gasteiger partial charge in [-0.05, 0) is 30.7 Å². The van der Waals surface area contributed by atoms with E-state index in [1.165, 1.54) is 16.2 Å². The van der Waals surface area contributed by atoms with Crippen molar-refractivity contribution in [1.82, 2.24) is 5.32 Å². The van der Waals surface area contributed by atoms with E-state index in [9.17, 15) is 0 Å². The minimum absolute atomic E-state index is 0.229. The number of thiophene rings is 1. The Bertz CT molecular complexity index is 513. The van der Waals surface area contributed by atoms with Crippen molar-refractivity contribution in [3.63, 3.8) is 0 Å². The van der Waals surface area contributed by atoms with Crippen molar-refractivity contribution < 1.29 is 0 Å². The fourth-order valence-corrected chi connectivity index (χ4v) is 4.17. The third-order valence-corrected chi connectivity index (χ3v) is 5.25. The first-order valence-electron chi connectivity index (χ1n) is 6.03. The molecule has 0 saturated carbocycles. The van der Waals surface area contributed by atoms with E-state index in [4.69, 9.17) is 23.2 Å². The number of hydrogen-bond acceptors (Lipinski definition) is 3. The lowest BCUT2D eigenvalue weighted by atomic mass is 10.2. The highest BCUT2D eigenvalue weighted by Crippen LogP contribution is 2.34. The molecule has 19 heavy (non-hydrogen) atoms. The monoisotopic (exact) mass is 331 g/mol. The first-order chi connectivity index (χ1) is 9.16. The van der Waals surface area contributed by atoms with Gasteiger partial charge in [0, 0.05) is 23.2 Å². The van der Waals surface area contributed by atoms with Crippen molar-refractivity contribution in [3.8, 4) is 0 Å². The number of benzene rings is 1. The summed E-state index contributed by atoms with van der Waals surface area (Å²) in [5, 5.41) is 3.47. The Morgan fingerprint density at radius 2 is 2.00 bits per heavy atom. The molecule has 0 amide bonds. The number of thioether (sulfide) groups is 1. The predicted octanol–water partition coefficient (Wildman–Crippen LogP) is 5.50. The number of nitrogens with one attached hydrogen (secondary N) is 1. The van der Waals surface area contributed by atoms with Gasteiger partial charge in [-0.15, -0.1) is 23.1 Å². The van der Waals surface area contributed by atoms with Crippen molar-refractivity contribution in [2.24, 2.45) is 0 Å². The van der Waals surface area contributed by atoms with Crippen LogP contribution in [0.4, 0.5) is 0 Å². The smallest absolute Gasteiger partial charge is 0.0991 e. The molecule has 0 saturated heterocycles. The van der Waals surface area contributed by atoms with Crippen molar-refractivity contribution >= 4 is 46.3 Å². The summed E-state index contributed by atoms with van der Waals surface area (Å²) in [6, 6.07) is 12.6. The molecule has 2 rings (SSSR count). The summed E-state index contributed by atoms with van der Waals surface area (Å²) in [4.78, 5) is 1.30. The fraction of sp³-hybridized carbons (Fsp3) is 0.286. The molecule has 102 valence electrons. The molecule has 1 heterocycles. The summed E-state index contributed by atoms with van der Waals surface area (Å²) in [6.45, 7) is 3.04. The van der Waals surface area contributed by atoms with Gasteiger partial charge in [0.25, 0.3) is 0 Å². The van der Waals surface area contributed by atoms with Crippen LogP contribution in [0.2, 0.25) is 8.67 Å². The van der Waals surface area contributed by atoms with E-state index < -0.39 is 0 Å². The Labute approximate surface area is 132 Å². The molecule has 0 radical (unpaired) electrons. The summed E-state index contributed by atoms with van der Waals surface area (Å²) in [6.07, 6.45) is 0. The maximum absolute atomic E-state index is 6.14. The van der Waals surface area contributed by atoms with E-state index in [1.807, 2.05) is 23.9 Å². The second kappa shape index (κ2) is 7.55. The molecule has 1 nitrogen and oxygen atoms in total. The third-order valence-electron chi connectivity index (χ3n) is 2.71. The fourth-order valence-electron chi connectivity index (χ4n) is 1.72. The summed E-state index contributed by atoms with van der Waals surface area (Å²) in [7, 11) is 0. The Morgan fingerprint density at radius 3 is 2.63 bits per heavy atom. The first-order valence-corrected chi connectivity index (χ1v) is 8.58. The number of hydrogen-bond donors (Lipinski definition) is 1. The van der Waals surface area contributed by atoms with E-state index in [0.29, 0.717) is 0 Å². The molecule has 5 heteroatoms. The van der Waals surface area contributed by atoms with Crippen LogP contribution < -0.4 is 5.32 Å². The molecule has 0 aliphatic heterocycles. The molecule has 1 atom stereocenters. The Hall–Kier alpha value is -0.190. The topological polar surface area (TPSA) is 12.0 Å². The molecule has 1 N–H and O–H groups in total. The molecule has 0 aliphatic carbocycles. The van der Waals surface area contributed by atoms with Crippen LogP contribution in [0.1, 0.15) is 18.5 Å². The van der Waals surface area contributed by atoms with E-state index in [-0.39, 0.29) is 6.04 Å². The molecule has 0 aliphatic rings. The first kappa shape index (κ1) is 15.2. The van der Waals surface area contributed by atoms with Crippen LogP contribution in [0.15, 0.2) is 41.3 Å². The summed E-state index contributed by atoms with van der Waals surface area (Å²) in [5.41, 5.74) is 1.08. The van der Waals surface area contributed by atoms with Crippen molar-refractivity contribution in [2.75, 3.05) is 12.3 Å². The normalized spacial score (nSPS) is 12.6. The molecule has 0 spiro atoms. The van der Waals surface area contributed by atoms with Gasteiger partial charge in [0.15, 0.2) is 0 Å². The zero-order valence-electron chi connectivity index (χ0n) is 10.5. The van der Waals surface area contributed by atoms with Crippen LogP contribution in [0, 0.1) is 0 Å². The van der Waals surface area contributed by atoms with Crippen LogP contribution >= 0.6 is 46.3 Å². The Morgan fingerprint density at radius 1 is 1.26 bits per heavy atom. The van der Waals surface area contributed by atoms with Gasteiger partial charge in [0.1, 0.15) is 0 Å². The van der Waals surface area contributed by atoms with Gasteiger partial charge in [-0.3, -0.25) is 0 Å². The van der Waals surface area contributed by atoms with E-state index >= 15 is 0 Å². The van der Waals surface area contributed by atoms with Crippen molar-refractivity contribution in [1.29, 1.82) is 0 Å². The summed E-state index contributed by atoms with van der Waals surface area (Å²) >= 11 is 15.4. The standard InChI is InChI=1S/C14H15Cl2NS2/c1-10(12-9-13(15)19-14(12)16)17-7-8-18-11-5-3-2-4-6-11/h2-6,9-10,17H,7-8H2,1H3. The minimum Gasteiger partial charge on any atom is -0.309 e. The van der Waals surface area contributed by atoms with Crippen LogP contribution in [0.5, 0.6) is 0 Å². The lowest BCUT2D eigenvalue weighted by molar-refractivity contribution is 0.603. The SMILES string of the molecule is CC(NCCSc1ccccc1)c1cc(Cl)sc1Cl. The molecule has 1 aromatic carbocycles. The Balaban J connectivity index is 1.75. The second-order valence-electron chi connectivity index (χ2n) is 4.12. The summed E-state index contributed by atoms with van der Waals surface area (Å²) in [5.74, 6) is 1.03. The average molecular weight is 332 g/mol. The van der Waals surface area contributed by atoms with Crippen LogP contribution in [-0.2, 0) is 0 Å². The molecule has 0 bridgehead atoms. The average Bonchev–Trinajstić information content (AvgIpc) is 2.75. The van der Waals surface area contributed by atoms with Gasteiger partial charge < -0.3 is 5.32 Å². The molecule has 1 aromatic heterocycles. The lowest BCUT2D eigenvalue weighted by Gasteiger charge is -2.12. The van der Waals surface area contributed by atoms with Crippen molar-refractivity contribution in [2.45, 2.75) is 17.9 Å². The van der Waals surface area contributed by atoms with Crippen LogP contribution in [0.3, 0.4) is 0 Å². The molecule has 2 aromatic rings. The second-order valence-corrected chi connectivity index (χ2v) is 7.57. The Kier molecular flexibility index (Phi) is 6.05. The highest BCUT2D eigenvalue weighted by molar-refractivity contribution is 7.99. The zero-order valence-corrected chi connectivity index (χ0v) is 13.7. The predicted molar refractivity (Wildman–Crippen MR) is 87.9 cm³/mol. The van der Waals surface area contributed by atoms with Gasteiger partial charge in [0.2, 0.25) is 0 Å². The van der Waals surface area contributed by atoms with Gasteiger partial charge in [-0.1, -0.05) is 41.4 Å². The minimum atomic E-state index is 0.229. The summed E-state index contributed by atoms with van der Waals surface area (Å²) < 4.78 is 1.52. The third kappa shape index (κ3) is 4.69. The number of rotatable bonds is 6. The maximum atomic E-state index is 6.14. The van der Waals surface area contributed by atoms with Gasteiger partial charge in [-0.2, -0.15) is 0 Å². The highest BCUT2D eigenvalue weighted by Gasteiger charge is 2.12. The van der Waals surface area contributed by atoms with Crippen molar-refractivity contribution in [3.05, 3.63) is 50.6 Å². The molecular weight excluding hydrogens is 317 g/mol. The molecular formula is C14H15Cl2NS2. The molecule has 1 unspecified atom stereocenters. The highest BCUT2D eigenvalue weighted by atomic mass is 35.5. The van der Waals surface area contributed by atoms with Gasteiger partial charge in [0.05, 0.1) is 8.67 Å². The number of halogens is 2. The molecule has 0 fully saturated rings.